The highest BCUT2D eigenvalue weighted by Crippen LogP contribution is 2.19. The van der Waals surface area contributed by atoms with Gasteiger partial charge in [-0.25, -0.2) is 0 Å². The van der Waals surface area contributed by atoms with Crippen LogP contribution in [0.5, 0.6) is 0 Å². The Labute approximate surface area is 88.6 Å². The highest BCUT2D eigenvalue weighted by molar-refractivity contribution is 4.88. The Morgan fingerprint density at radius 3 is 2.36 bits per heavy atom. The molecule has 0 bridgehead atoms. The van der Waals surface area contributed by atoms with Crippen molar-refractivity contribution >= 4 is 0 Å². The number of rotatable bonds is 6. The predicted molar refractivity (Wildman–Crippen MR) is 62.3 cm³/mol. The SMILES string of the molecule is CC(C)CCCC(C)NC1CC(N)C1. The molecule has 0 radical (unpaired) electrons. The van der Waals surface area contributed by atoms with Gasteiger partial charge in [0.25, 0.3) is 0 Å². The van der Waals surface area contributed by atoms with Crippen LogP contribution in [0.1, 0.15) is 52.9 Å². The van der Waals surface area contributed by atoms with Gasteiger partial charge in [-0.1, -0.05) is 26.7 Å². The van der Waals surface area contributed by atoms with Crippen LogP contribution >= 0.6 is 0 Å². The smallest absolute Gasteiger partial charge is 0.00990 e. The maximum atomic E-state index is 5.74. The van der Waals surface area contributed by atoms with Crippen LogP contribution in [0.3, 0.4) is 0 Å². The summed E-state index contributed by atoms with van der Waals surface area (Å²) in [7, 11) is 0. The van der Waals surface area contributed by atoms with Crippen LogP contribution in [-0.4, -0.2) is 18.1 Å². The monoisotopic (exact) mass is 198 g/mol. The number of nitrogens with two attached hydrogens (primary N) is 1. The molecule has 0 saturated heterocycles. The summed E-state index contributed by atoms with van der Waals surface area (Å²) in [6, 6.07) is 1.85. The zero-order valence-electron chi connectivity index (χ0n) is 9.92. The first-order valence-corrected chi connectivity index (χ1v) is 6.09. The lowest BCUT2D eigenvalue weighted by Gasteiger charge is -2.35. The van der Waals surface area contributed by atoms with Crippen molar-refractivity contribution in [2.24, 2.45) is 11.7 Å². The fourth-order valence-corrected chi connectivity index (χ4v) is 2.12. The Kier molecular flexibility index (Phi) is 4.90. The van der Waals surface area contributed by atoms with E-state index in [0.717, 1.165) is 5.92 Å². The van der Waals surface area contributed by atoms with E-state index in [2.05, 4.69) is 26.1 Å². The predicted octanol–water partition coefficient (Wildman–Crippen LogP) is 2.28. The van der Waals surface area contributed by atoms with Gasteiger partial charge in [0.15, 0.2) is 0 Å². The molecule has 84 valence electrons. The topological polar surface area (TPSA) is 38.0 Å². The molecule has 1 fully saturated rings. The van der Waals surface area contributed by atoms with E-state index >= 15 is 0 Å². The molecule has 1 atom stereocenters. The Bertz CT molecular complexity index is 150. The molecule has 1 aliphatic rings. The Hall–Kier alpha value is -0.0800. The van der Waals surface area contributed by atoms with E-state index in [0.29, 0.717) is 18.1 Å². The highest BCUT2D eigenvalue weighted by Gasteiger charge is 2.26. The number of hydrogen-bond donors (Lipinski definition) is 2. The highest BCUT2D eigenvalue weighted by atomic mass is 15.0. The van der Waals surface area contributed by atoms with E-state index in [4.69, 9.17) is 5.73 Å². The molecule has 14 heavy (non-hydrogen) atoms. The first-order valence-electron chi connectivity index (χ1n) is 6.09. The van der Waals surface area contributed by atoms with Crippen molar-refractivity contribution in [2.75, 3.05) is 0 Å². The molecule has 2 nitrogen and oxygen atoms in total. The molecule has 1 rings (SSSR count). The molecular weight excluding hydrogens is 172 g/mol. The quantitative estimate of drug-likeness (QED) is 0.687. The van der Waals surface area contributed by atoms with Gasteiger partial charge >= 0.3 is 0 Å². The van der Waals surface area contributed by atoms with Crippen LogP contribution in [0.4, 0.5) is 0 Å². The molecule has 0 aliphatic heterocycles. The van der Waals surface area contributed by atoms with Crippen LogP contribution in [0.15, 0.2) is 0 Å². The molecule has 0 spiro atoms. The van der Waals surface area contributed by atoms with Crippen LogP contribution < -0.4 is 11.1 Å². The van der Waals surface area contributed by atoms with Crippen molar-refractivity contribution < 1.29 is 0 Å². The van der Waals surface area contributed by atoms with Crippen molar-refractivity contribution in [3.8, 4) is 0 Å². The van der Waals surface area contributed by atoms with E-state index in [9.17, 15) is 0 Å². The second kappa shape index (κ2) is 5.72. The van der Waals surface area contributed by atoms with Crippen molar-refractivity contribution in [1.29, 1.82) is 0 Å². The second-order valence-corrected chi connectivity index (χ2v) is 5.32. The first-order chi connectivity index (χ1) is 6.58. The normalized spacial score (nSPS) is 28.9. The molecule has 0 aromatic heterocycles. The summed E-state index contributed by atoms with van der Waals surface area (Å²) in [5, 5.41) is 3.64. The molecular formula is C12H26N2. The molecule has 1 unspecified atom stereocenters. The third-order valence-corrected chi connectivity index (χ3v) is 3.11. The van der Waals surface area contributed by atoms with Gasteiger partial charge < -0.3 is 11.1 Å². The summed E-state index contributed by atoms with van der Waals surface area (Å²) in [4.78, 5) is 0. The fourth-order valence-electron chi connectivity index (χ4n) is 2.12. The maximum absolute atomic E-state index is 5.74. The third-order valence-electron chi connectivity index (χ3n) is 3.11. The average Bonchev–Trinajstić information content (AvgIpc) is 2.00. The Morgan fingerprint density at radius 1 is 1.21 bits per heavy atom. The van der Waals surface area contributed by atoms with Gasteiger partial charge in [-0.05, 0) is 32.1 Å². The summed E-state index contributed by atoms with van der Waals surface area (Å²) < 4.78 is 0. The van der Waals surface area contributed by atoms with Gasteiger partial charge in [-0.2, -0.15) is 0 Å². The molecule has 2 heteroatoms. The molecule has 0 heterocycles. The summed E-state index contributed by atoms with van der Waals surface area (Å²) in [5.41, 5.74) is 5.74. The lowest BCUT2D eigenvalue weighted by atomic mass is 9.87. The van der Waals surface area contributed by atoms with E-state index in [1.54, 1.807) is 0 Å². The molecule has 0 aromatic rings. The summed E-state index contributed by atoms with van der Waals surface area (Å²) in [5.74, 6) is 0.847. The Balaban J connectivity index is 1.96. The average molecular weight is 198 g/mol. The summed E-state index contributed by atoms with van der Waals surface area (Å²) in [6.45, 7) is 6.89. The minimum absolute atomic E-state index is 0.468. The molecule has 0 amide bonds. The van der Waals surface area contributed by atoms with Gasteiger partial charge in [0.2, 0.25) is 0 Å². The van der Waals surface area contributed by atoms with Gasteiger partial charge in [-0.3, -0.25) is 0 Å². The minimum atomic E-state index is 0.468. The van der Waals surface area contributed by atoms with Crippen molar-refractivity contribution in [2.45, 2.75) is 71.0 Å². The first kappa shape index (κ1) is 12.0. The van der Waals surface area contributed by atoms with Crippen LogP contribution in [-0.2, 0) is 0 Å². The lowest BCUT2D eigenvalue weighted by Crippen LogP contribution is -2.51. The largest absolute Gasteiger partial charge is 0.328 e. The molecule has 1 saturated carbocycles. The van der Waals surface area contributed by atoms with E-state index in [-0.39, 0.29) is 0 Å². The van der Waals surface area contributed by atoms with Crippen LogP contribution in [0.25, 0.3) is 0 Å². The van der Waals surface area contributed by atoms with Crippen molar-refractivity contribution in [3.05, 3.63) is 0 Å². The second-order valence-electron chi connectivity index (χ2n) is 5.32. The maximum Gasteiger partial charge on any atom is 0.00990 e. The Morgan fingerprint density at radius 2 is 1.86 bits per heavy atom. The number of nitrogens with one attached hydrogen (secondary N) is 1. The zero-order valence-corrected chi connectivity index (χ0v) is 9.92. The van der Waals surface area contributed by atoms with Crippen LogP contribution in [0.2, 0.25) is 0 Å². The lowest BCUT2D eigenvalue weighted by molar-refractivity contribution is 0.264. The van der Waals surface area contributed by atoms with Gasteiger partial charge in [0, 0.05) is 18.1 Å². The molecule has 0 aromatic carbocycles. The van der Waals surface area contributed by atoms with Gasteiger partial charge in [-0.15, -0.1) is 0 Å². The van der Waals surface area contributed by atoms with Crippen molar-refractivity contribution in [3.63, 3.8) is 0 Å². The van der Waals surface area contributed by atoms with Crippen LogP contribution in [0, 0.1) is 5.92 Å². The zero-order chi connectivity index (χ0) is 10.6. The number of hydrogen-bond acceptors (Lipinski definition) is 2. The molecule has 1 aliphatic carbocycles. The van der Waals surface area contributed by atoms with E-state index in [1.807, 2.05) is 0 Å². The standard InChI is InChI=1S/C12H26N2/c1-9(2)5-4-6-10(3)14-12-7-11(13)8-12/h9-12,14H,4-8,13H2,1-3H3. The van der Waals surface area contributed by atoms with Gasteiger partial charge in [0.1, 0.15) is 0 Å². The van der Waals surface area contributed by atoms with Crippen molar-refractivity contribution in [1.82, 2.24) is 5.32 Å². The van der Waals surface area contributed by atoms with E-state index in [1.165, 1.54) is 32.1 Å². The molecule has 3 N–H and O–H groups in total. The summed E-state index contributed by atoms with van der Waals surface area (Å²) >= 11 is 0. The van der Waals surface area contributed by atoms with E-state index < -0.39 is 0 Å². The minimum Gasteiger partial charge on any atom is -0.328 e. The third kappa shape index (κ3) is 4.43. The fraction of sp³-hybridized carbons (Fsp3) is 1.00. The summed E-state index contributed by atoms with van der Waals surface area (Å²) in [6.07, 6.45) is 6.37. The van der Waals surface area contributed by atoms with Gasteiger partial charge in [0.05, 0.1) is 0 Å².